The Morgan fingerprint density at radius 2 is 2.42 bits per heavy atom. The number of sulfonamides is 1. The van der Waals surface area contributed by atoms with Crippen molar-refractivity contribution in [3.8, 4) is 0 Å². The summed E-state index contributed by atoms with van der Waals surface area (Å²) >= 11 is 0. The van der Waals surface area contributed by atoms with Gasteiger partial charge in [0, 0.05) is 6.20 Å². The highest BCUT2D eigenvalue weighted by Gasteiger charge is 2.02. The van der Waals surface area contributed by atoms with Gasteiger partial charge < -0.3 is 0 Å². The zero-order valence-electron chi connectivity index (χ0n) is 6.56. The van der Waals surface area contributed by atoms with E-state index in [1.165, 1.54) is 10.9 Å². The van der Waals surface area contributed by atoms with E-state index in [9.17, 15) is 8.42 Å². The zero-order valence-corrected chi connectivity index (χ0v) is 7.37. The number of hydrogen-bond donors (Lipinski definition) is 1. The van der Waals surface area contributed by atoms with Crippen molar-refractivity contribution in [2.75, 3.05) is 6.26 Å². The molecule has 1 heterocycles. The summed E-state index contributed by atoms with van der Waals surface area (Å²) in [7, 11) is 0.291. The second-order valence-electron chi connectivity index (χ2n) is 2.34. The van der Waals surface area contributed by atoms with E-state index in [-0.39, 0.29) is 6.54 Å². The van der Waals surface area contributed by atoms with Crippen LogP contribution >= 0.6 is 0 Å². The number of nitrogens with one attached hydrogen (secondary N) is 1. The molecule has 0 amide bonds. The molecule has 0 aromatic carbocycles. The first kappa shape index (κ1) is 9.14. The lowest BCUT2D eigenvalue weighted by Crippen LogP contribution is -2.21. The van der Waals surface area contributed by atoms with Gasteiger partial charge in [-0.1, -0.05) is 5.21 Å². The highest BCUT2D eigenvalue weighted by Crippen LogP contribution is 1.91. The number of hydrogen-bond acceptors (Lipinski definition) is 4. The molecule has 1 radical (unpaired) electrons. The SMILES string of the molecule is [CH2]n1cc(CNS(C)(=O)=O)nn1. The minimum absolute atomic E-state index is 0.147. The summed E-state index contributed by atoms with van der Waals surface area (Å²) in [5.41, 5.74) is 0.537. The van der Waals surface area contributed by atoms with E-state index in [1.807, 2.05) is 0 Å². The van der Waals surface area contributed by atoms with E-state index >= 15 is 0 Å². The van der Waals surface area contributed by atoms with Gasteiger partial charge in [-0.05, 0) is 0 Å². The van der Waals surface area contributed by atoms with Crippen molar-refractivity contribution in [1.29, 1.82) is 0 Å². The van der Waals surface area contributed by atoms with Gasteiger partial charge in [0.2, 0.25) is 10.0 Å². The Balaban J connectivity index is 2.55. The largest absolute Gasteiger partial charge is 0.250 e. The molecule has 0 aliphatic rings. The summed E-state index contributed by atoms with van der Waals surface area (Å²) in [4.78, 5) is 0. The first-order valence-corrected chi connectivity index (χ1v) is 5.03. The van der Waals surface area contributed by atoms with Crippen LogP contribution in [0.2, 0.25) is 0 Å². The molecule has 6 nitrogen and oxygen atoms in total. The summed E-state index contributed by atoms with van der Waals surface area (Å²) in [5.74, 6) is 0. The monoisotopic (exact) mass is 189 g/mol. The van der Waals surface area contributed by atoms with E-state index in [1.54, 1.807) is 0 Å². The van der Waals surface area contributed by atoms with Crippen LogP contribution in [0.1, 0.15) is 5.69 Å². The molecule has 1 N–H and O–H groups in total. The van der Waals surface area contributed by atoms with Gasteiger partial charge in [-0.25, -0.2) is 13.1 Å². The molecule has 0 spiro atoms. The second kappa shape index (κ2) is 3.20. The molecular weight excluding hydrogens is 180 g/mol. The van der Waals surface area contributed by atoms with Crippen molar-refractivity contribution in [3.63, 3.8) is 0 Å². The molecule has 67 valence electrons. The van der Waals surface area contributed by atoms with Gasteiger partial charge in [0.05, 0.1) is 25.5 Å². The van der Waals surface area contributed by atoms with Crippen LogP contribution in [-0.2, 0) is 16.6 Å². The van der Waals surface area contributed by atoms with Crippen LogP contribution in [0.4, 0.5) is 0 Å². The fourth-order valence-electron chi connectivity index (χ4n) is 0.625. The Morgan fingerprint density at radius 3 is 2.83 bits per heavy atom. The standard InChI is InChI=1S/C5H9N4O2S/c1-9-4-5(7-8-9)3-6-12(2,10)11/h4,6H,1,3H2,2H3. The van der Waals surface area contributed by atoms with E-state index in [0.29, 0.717) is 5.69 Å². The lowest BCUT2D eigenvalue weighted by molar-refractivity contribution is 0.586. The highest BCUT2D eigenvalue weighted by molar-refractivity contribution is 7.88. The normalized spacial score (nSPS) is 11.8. The molecule has 7 heteroatoms. The molecule has 0 atom stereocenters. The fraction of sp³-hybridized carbons (Fsp3) is 0.400. The van der Waals surface area contributed by atoms with Gasteiger partial charge in [0.25, 0.3) is 0 Å². The molecule has 0 fully saturated rings. The molecule has 1 rings (SSSR count). The topological polar surface area (TPSA) is 76.9 Å². The van der Waals surface area contributed by atoms with Crippen molar-refractivity contribution in [2.24, 2.45) is 0 Å². The first-order valence-electron chi connectivity index (χ1n) is 3.14. The Bertz CT molecular complexity index is 355. The molecule has 0 saturated heterocycles. The van der Waals surface area contributed by atoms with Crippen molar-refractivity contribution < 1.29 is 8.42 Å². The van der Waals surface area contributed by atoms with Crippen molar-refractivity contribution in [2.45, 2.75) is 6.54 Å². The summed E-state index contributed by atoms with van der Waals surface area (Å²) in [5, 5.41) is 7.18. The minimum Gasteiger partial charge on any atom is -0.250 e. The third kappa shape index (κ3) is 2.97. The lowest BCUT2D eigenvalue weighted by atomic mass is 10.5. The molecular formula is C5H9N4O2S. The minimum atomic E-state index is -3.16. The molecule has 0 saturated carbocycles. The van der Waals surface area contributed by atoms with Gasteiger partial charge in [0.1, 0.15) is 0 Å². The summed E-state index contributed by atoms with van der Waals surface area (Å²) < 4.78 is 24.8. The molecule has 1 aromatic rings. The molecule has 1 aromatic heterocycles. The van der Waals surface area contributed by atoms with Gasteiger partial charge >= 0.3 is 0 Å². The number of aromatic nitrogens is 3. The van der Waals surface area contributed by atoms with Crippen LogP contribution in [0.15, 0.2) is 6.20 Å². The van der Waals surface area contributed by atoms with Crippen LogP contribution in [-0.4, -0.2) is 29.7 Å². The third-order valence-corrected chi connectivity index (χ3v) is 1.77. The quantitative estimate of drug-likeness (QED) is 0.659. The van der Waals surface area contributed by atoms with E-state index in [2.05, 4.69) is 22.1 Å². The van der Waals surface area contributed by atoms with Gasteiger partial charge in [-0.15, -0.1) is 5.10 Å². The number of nitrogens with zero attached hydrogens (tertiary/aromatic N) is 3. The Kier molecular flexibility index (Phi) is 2.43. The molecule has 0 bridgehead atoms. The third-order valence-electron chi connectivity index (χ3n) is 1.10. The van der Waals surface area contributed by atoms with E-state index < -0.39 is 10.0 Å². The lowest BCUT2D eigenvalue weighted by Gasteiger charge is -1.96. The van der Waals surface area contributed by atoms with Crippen LogP contribution in [0.5, 0.6) is 0 Å². The summed E-state index contributed by atoms with van der Waals surface area (Å²) in [6, 6.07) is 0. The Hall–Kier alpha value is -0.950. The zero-order chi connectivity index (χ0) is 9.19. The van der Waals surface area contributed by atoms with Crippen molar-refractivity contribution >= 4 is 10.0 Å². The Morgan fingerprint density at radius 1 is 1.75 bits per heavy atom. The van der Waals surface area contributed by atoms with E-state index in [4.69, 9.17) is 0 Å². The average molecular weight is 189 g/mol. The van der Waals surface area contributed by atoms with Crippen LogP contribution in [0.25, 0.3) is 0 Å². The fourth-order valence-corrected chi connectivity index (χ4v) is 1.03. The van der Waals surface area contributed by atoms with Crippen molar-refractivity contribution in [3.05, 3.63) is 18.9 Å². The highest BCUT2D eigenvalue weighted by atomic mass is 32.2. The van der Waals surface area contributed by atoms with Gasteiger partial charge in [-0.2, -0.15) is 0 Å². The summed E-state index contributed by atoms with van der Waals surface area (Å²) in [6.45, 7) is 0.147. The van der Waals surface area contributed by atoms with E-state index in [0.717, 1.165) is 6.26 Å². The summed E-state index contributed by atoms with van der Waals surface area (Å²) in [6.07, 6.45) is 2.62. The molecule has 12 heavy (non-hydrogen) atoms. The Labute approximate surface area is 70.6 Å². The number of rotatable bonds is 3. The van der Waals surface area contributed by atoms with Gasteiger partial charge in [-0.3, -0.25) is 4.68 Å². The maximum Gasteiger partial charge on any atom is 0.209 e. The smallest absolute Gasteiger partial charge is 0.209 e. The van der Waals surface area contributed by atoms with Gasteiger partial charge in [0.15, 0.2) is 0 Å². The molecule has 0 unspecified atom stereocenters. The maximum absolute atomic E-state index is 10.6. The maximum atomic E-state index is 10.6. The average Bonchev–Trinajstić information content (AvgIpc) is 2.30. The van der Waals surface area contributed by atoms with Crippen molar-refractivity contribution in [1.82, 2.24) is 19.7 Å². The molecule has 0 aliphatic heterocycles. The predicted octanol–water partition coefficient (Wildman–Crippen LogP) is -1.03. The van der Waals surface area contributed by atoms with Crippen LogP contribution < -0.4 is 4.72 Å². The van der Waals surface area contributed by atoms with Crippen LogP contribution in [0, 0.1) is 7.05 Å². The molecule has 0 aliphatic carbocycles. The predicted molar refractivity (Wildman–Crippen MR) is 42.5 cm³/mol. The second-order valence-corrected chi connectivity index (χ2v) is 4.18. The first-order chi connectivity index (χ1) is 5.47. The van der Waals surface area contributed by atoms with Crippen LogP contribution in [0.3, 0.4) is 0 Å².